The third kappa shape index (κ3) is 4.19. The van der Waals surface area contributed by atoms with Crippen LogP contribution in [-0.2, 0) is 6.54 Å². The predicted molar refractivity (Wildman–Crippen MR) is 130 cm³/mol. The van der Waals surface area contributed by atoms with Crippen LogP contribution in [0.15, 0.2) is 76.0 Å². The lowest BCUT2D eigenvalue weighted by molar-refractivity contribution is 0.355. The normalized spacial score (nSPS) is 10.9. The van der Waals surface area contributed by atoms with Crippen LogP contribution in [-0.4, -0.2) is 41.3 Å². The zero-order chi connectivity index (χ0) is 24.4. The summed E-state index contributed by atoms with van der Waals surface area (Å²) >= 11 is 0. The molecule has 0 saturated heterocycles. The second kappa shape index (κ2) is 9.30. The number of nitrogens with zero attached hydrogens (tertiary/aromatic N) is 4. The maximum Gasteiger partial charge on any atom is 0.275 e. The topological polar surface area (TPSA) is 102 Å². The van der Waals surface area contributed by atoms with Gasteiger partial charge in [0.2, 0.25) is 11.7 Å². The molecule has 0 radical (unpaired) electrons. The number of ether oxygens (including phenoxy) is 3. The monoisotopic (exact) mass is 470 g/mol. The van der Waals surface area contributed by atoms with E-state index in [2.05, 4.69) is 15.2 Å². The molecular weight excluding hydrogens is 448 g/mol. The first kappa shape index (κ1) is 22.1. The van der Waals surface area contributed by atoms with Crippen molar-refractivity contribution in [1.29, 1.82) is 0 Å². The average Bonchev–Trinajstić information content (AvgIpc) is 3.38. The Kier molecular flexibility index (Phi) is 5.88. The van der Waals surface area contributed by atoms with Crippen molar-refractivity contribution < 1.29 is 18.7 Å². The van der Waals surface area contributed by atoms with Crippen molar-refractivity contribution >= 4 is 10.8 Å². The molecule has 35 heavy (non-hydrogen) atoms. The summed E-state index contributed by atoms with van der Waals surface area (Å²) in [5.41, 5.74) is 1.97. The third-order valence-electron chi connectivity index (χ3n) is 5.63. The molecule has 0 saturated carbocycles. The van der Waals surface area contributed by atoms with Crippen LogP contribution >= 0.6 is 0 Å². The van der Waals surface area contributed by atoms with E-state index in [-0.39, 0.29) is 18.0 Å². The molecule has 0 unspecified atom stereocenters. The third-order valence-corrected chi connectivity index (χ3v) is 5.63. The number of fused-ring (bicyclic) bond motifs is 1. The van der Waals surface area contributed by atoms with Crippen molar-refractivity contribution in [3.63, 3.8) is 0 Å². The SMILES string of the molecule is COc1ccc(-c2nn(Cc3nc(-c4ccc(OC)c(OC)c4)no3)c(=O)c3ccccc23)cc1. The standard InChI is InChI=1S/C26H22N4O5/c1-32-18-11-8-16(9-12-18)24-19-6-4-5-7-20(19)26(31)30(28-24)15-23-27-25(29-35-23)17-10-13-21(33-2)22(14-17)34-3/h4-14H,15H2,1-3H3. The lowest BCUT2D eigenvalue weighted by Crippen LogP contribution is -2.24. The van der Waals surface area contributed by atoms with Crippen LogP contribution in [0.4, 0.5) is 0 Å². The number of rotatable bonds is 7. The van der Waals surface area contributed by atoms with E-state index >= 15 is 0 Å². The first-order chi connectivity index (χ1) is 17.1. The van der Waals surface area contributed by atoms with Crippen LogP contribution in [0.2, 0.25) is 0 Å². The molecule has 9 heteroatoms. The van der Waals surface area contributed by atoms with Crippen molar-refractivity contribution in [2.75, 3.05) is 21.3 Å². The molecule has 0 fully saturated rings. The highest BCUT2D eigenvalue weighted by molar-refractivity contribution is 5.93. The van der Waals surface area contributed by atoms with E-state index in [4.69, 9.17) is 18.7 Å². The van der Waals surface area contributed by atoms with E-state index in [0.717, 1.165) is 16.7 Å². The molecule has 9 nitrogen and oxygen atoms in total. The van der Waals surface area contributed by atoms with Crippen LogP contribution in [0, 0.1) is 0 Å². The molecule has 3 aromatic carbocycles. The Labute approximate surface area is 200 Å². The second-order valence-electron chi connectivity index (χ2n) is 7.67. The fourth-order valence-corrected chi connectivity index (χ4v) is 3.84. The van der Waals surface area contributed by atoms with Gasteiger partial charge in [0.1, 0.15) is 12.3 Å². The number of hydrogen-bond acceptors (Lipinski definition) is 8. The minimum atomic E-state index is -0.247. The van der Waals surface area contributed by atoms with E-state index in [1.807, 2.05) is 42.5 Å². The Morgan fingerprint density at radius 1 is 0.829 bits per heavy atom. The second-order valence-corrected chi connectivity index (χ2v) is 7.67. The summed E-state index contributed by atoms with van der Waals surface area (Å²) in [7, 11) is 4.74. The summed E-state index contributed by atoms with van der Waals surface area (Å²) in [5.74, 6) is 2.50. The Balaban J connectivity index is 1.53. The quantitative estimate of drug-likeness (QED) is 0.349. The smallest absolute Gasteiger partial charge is 0.275 e. The van der Waals surface area contributed by atoms with Gasteiger partial charge in [0.25, 0.3) is 5.56 Å². The first-order valence-corrected chi connectivity index (χ1v) is 10.8. The molecule has 0 N–H and O–H groups in total. The maximum atomic E-state index is 13.2. The van der Waals surface area contributed by atoms with Crippen molar-refractivity contribution in [2.24, 2.45) is 0 Å². The van der Waals surface area contributed by atoms with E-state index in [9.17, 15) is 4.79 Å². The molecule has 2 aromatic heterocycles. The lowest BCUT2D eigenvalue weighted by Gasteiger charge is -2.10. The molecule has 176 valence electrons. The highest BCUT2D eigenvalue weighted by Gasteiger charge is 2.16. The summed E-state index contributed by atoms with van der Waals surface area (Å²) in [6.07, 6.45) is 0. The number of hydrogen-bond donors (Lipinski definition) is 0. The van der Waals surface area contributed by atoms with Gasteiger partial charge in [-0.15, -0.1) is 0 Å². The van der Waals surface area contributed by atoms with Crippen LogP contribution in [0.5, 0.6) is 17.2 Å². The molecule has 2 heterocycles. The molecule has 0 aliphatic heterocycles. The largest absolute Gasteiger partial charge is 0.497 e. The number of methoxy groups -OCH3 is 3. The van der Waals surface area contributed by atoms with Gasteiger partial charge in [-0.25, -0.2) is 4.68 Å². The zero-order valence-electron chi connectivity index (χ0n) is 19.4. The van der Waals surface area contributed by atoms with Gasteiger partial charge in [-0.05, 0) is 48.5 Å². The molecule has 0 atom stereocenters. The van der Waals surface area contributed by atoms with Crippen LogP contribution in [0.1, 0.15) is 5.89 Å². The van der Waals surface area contributed by atoms with Gasteiger partial charge in [-0.3, -0.25) is 4.79 Å². The van der Waals surface area contributed by atoms with Gasteiger partial charge in [0.05, 0.1) is 32.4 Å². The molecule has 0 aliphatic carbocycles. The molecule has 0 spiro atoms. The van der Waals surface area contributed by atoms with Gasteiger partial charge in [0.15, 0.2) is 11.5 Å². The zero-order valence-corrected chi connectivity index (χ0v) is 19.4. The summed E-state index contributed by atoms with van der Waals surface area (Å²) < 4.78 is 22.7. The highest BCUT2D eigenvalue weighted by atomic mass is 16.5. The fraction of sp³-hybridized carbons (Fsp3) is 0.154. The number of benzene rings is 3. The summed E-state index contributed by atoms with van der Waals surface area (Å²) in [6, 6.07) is 20.2. The van der Waals surface area contributed by atoms with E-state index < -0.39 is 0 Å². The van der Waals surface area contributed by atoms with Crippen molar-refractivity contribution in [2.45, 2.75) is 6.54 Å². The van der Waals surface area contributed by atoms with Crippen LogP contribution < -0.4 is 19.8 Å². The molecule has 0 amide bonds. The van der Waals surface area contributed by atoms with Crippen molar-refractivity contribution in [1.82, 2.24) is 19.9 Å². The van der Waals surface area contributed by atoms with E-state index in [0.29, 0.717) is 34.0 Å². The number of aromatic nitrogens is 4. The van der Waals surface area contributed by atoms with Crippen LogP contribution in [0.3, 0.4) is 0 Å². The minimum absolute atomic E-state index is 0.0209. The van der Waals surface area contributed by atoms with Crippen LogP contribution in [0.25, 0.3) is 33.4 Å². The average molecular weight is 470 g/mol. The Bertz CT molecular complexity index is 1560. The minimum Gasteiger partial charge on any atom is -0.497 e. The van der Waals surface area contributed by atoms with Gasteiger partial charge >= 0.3 is 0 Å². The predicted octanol–water partition coefficient (Wildman–Crippen LogP) is 4.19. The van der Waals surface area contributed by atoms with Gasteiger partial charge in [-0.2, -0.15) is 10.1 Å². The summed E-state index contributed by atoms with van der Waals surface area (Å²) in [5, 5.41) is 10.0. The van der Waals surface area contributed by atoms with Crippen molar-refractivity contribution in [3.8, 4) is 39.9 Å². The van der Waals surface area contributed by atoms with Gasteiger partial charge < -0.3 is 18.7 Å². The summed E-state index contributed by atoms with van der Waals surface area (Å²) in [6.45, 7) is 0.0209. The van der Waals surface area contributed by atoms with Gasteiger partial charge in [-0.1, -0.05) is 23.4 Å². The van der Waals surface area contributed by atoms with E-state index in [1.54, 1.807) is 45.6 Å². The Morgan fingerprint density at radius 2 is 1.54 bits per heavy atom. The molecule has 0 aliphatic rings. The van der Waals surface area contributed by atoms with Gasteiger partial charge in [0, 0.05) is 16.5 Å². The maximum absolute atomic E-state index is 13.2. The Morgan fingerprint density at radius 3 is 2.26 bits per heavy atom. The molecular formula is C26H22N4O5. The Hall–Kier alpha value is -4.66. The van der Waals surface area contributed by atoms with Crippen molar-refractivity contribution in [3.05, 3.63) is 83.0 Å². The highest BCUT2D eigenvalue weighted by Crippen LogP contribution is 2.31. The fourth-order valence-electron chi connectivity index (χ4n) is 3.84. The molecule has 5 aromatic rings. The van der Waals surface area contributed by atoms with E-state index in [1.165, 1.54) is 4.68 Å². The first-order valence-electron chi connectivity index (χ1n) is 10.8. The molecule has 5 rings (SSSR count). The summed E-state index contributed by atoms with van der Waals surface area (Å²) in [4.78, 5) is 17.7. The molecule has 0 bridgehead atoms. The lowest BCUT2D eigenvalue weighted by atomic mass is 10.0.